The van der Waals surface area contributed by atoms with Crippen LogP contribution in [0.5, 0.6) is 23.0 Å². The number of amides is 2. The average Bonchev–Trinajstić information content (AvgIpc) is 3.48. The van der Waals surface area contributed by atoms with Crippen molar-refractivity contribution in [1.82, 2.24) is 14.8 Å². The lowest BCUT2D eigenvalue weighted by Crippen LogP contribution is -2.47. The molecule has 1 saturated heterocycles. The molecule has 0 aliphatic carbocycles. The van der Waals surface area contributed by atoms with Crippen LogP contribution in [0.2, 0.25) is 0 Å². The van der Waals surface area contributed by atoms with Crippen molar-refractivity contribution in [2.24, 2.45) is 5.10 Å². The van der Waals surface area contributed by atoms with Crippen molar-refractivity contribution in [3.63, 3.8) is 0 Å². The van der Waals surface area contributed by atoms with Crippen LogP contribution in [0.25, 0.3) is 0 Å². The Kier molecular flexibility index (Phi) is 11.0. The number of carbonyl (C=O) groups is 2. The first kappa shape index (κ1) is 31.1. The van der Waals surface area contributed by atoms with Crippen molar-refractivity contribution in [1.29, 1.82) is 0 Å². The molecule has 0 N–H and O–H groups in total. The maximum absolute atomic E-state index is 14.0. The molecule has 228 valence electrons. The summed E-state index contributed by atoms with van der Waals surface area (Å²) in [5.74, 6) is 1.77. The van der Waals surface area contributed by atoms with E-state index in [0.717, 1.165) is 24.2 Å². The molecule has 12 heteroatoms. The second-order valence-electron chi connectivity index (χ2n) is 9.89. The Hall–Kier alpha value is -3.87. The molecule has 4 rings (SSSR count). The minimum atomic E-state index is -0.447. The molecule has 2 aliphatic rings. The summed E-state index contributed by atoms with van der Waals surface area (Å²) >= 11 is 0. The fourth-order valence-corrected chi connectivity index (χ4v) is 5.09. The molecular weight excluding hydrogens is 544 g/mol. The van der Waals surface area contributed by atoms with Gasteiger partial charge in [-0.05, 0) is 29.8 Å². The summed E-state index contributed by atoms with van der Waals surface area (Å²) in [7, 11) is 7.77. The number of hydrazone groups is 1. The monoisotopic (exact) mass is 584 g/mol. The highest BCUT2D eigenvalue weighted by molar-refractivity contribution is 6.05. The first-order valence-electron chi connectivity index (χ1n) is 13.8. The van der Waals surface area contributed by atoms with Gasteiger partial charge in [-0.25, -0.2) is 5.01 Å². The Morgan fingerprint density at radius 2 is 1.67 bits per heavy atom. The van der Waals surface area contributed by atoms with Gasteiger partial charge in [-0.15, -0.1) is 0 Å². The first-order chi connectivity index (χ1) is 20.4. The molecule has 2 aromatic rings. The minimum absolute atomic E-state index is 0.118. The van der Waals surface area contributed by atoms with Crippen molar-refractivity contribution >= 4 is 17.5 Å². The number of nitrogens with zero attached hydrogens (tertiary/aromatic N) is 4. The van der Waals surface area contributed by atoms with Crippen LogP contribution in [0.1, 0.15) is 23.6 Å². The second kappa shape index (κ2) is 14.9. The van der Waals surface area contributed by atoms with E-state index in [1.54, 1.807) is 40.6 Å². The SMILES string of the molecule is COCC(=O)N(CCN1CCOCC1)CC(=O)N1N=C(c2ccc(OC)cc2OC)C[C@H]1c1ccc(OC)c(OC)c1. The first-order valence-corrected chi connectivity index (χ1v) is 13.8. The summed E-state index contributed by atoms with van der Waals surface area (Å²) in [5.41, 5.74) is 2.24. The Balaban J connectivity index is 1.65. The molecular formula is C30H40N4O8. The molecule has 1 fully saturated rings. The topological polar surface area (TPSA) is 112 Å². The van der Waals surface area contributed by atoms with E-state index in [1.807, 2.05) is 24.3 Å². The lowest BCUT2D eigenvalue weighted by Gasteiger charge is -2.31. The molecule has 0 aromatic heterocycles. The molecule has 2 heterocycles. The normalized spacial score (nSPS) is 17.0. The Labute approximate surface area is 246 Å². The summed E-state index contributed by atoms with van der Waals surface area (Å²) in [6.45, 7) is 3.61. The van der Waals surface area contributed by atoms with Gasteiger partial charge in [0.2, 0.25) is 5.91 Å². The van der Waals surface area contributed by atoms with Crippen LogP contribution in [0.3, 0.4) is 0 Å². The summed E-state index contributed by atoms with van der Waals surface area (Å²) in [6.07, 6.45) is 0.420. The van der Waals surface area contributed by atoms with E-state index in [1.165, 1.54) is 17.0 Å². The van der Waals surface area contributed by atoms with Crippen LogP contribution in [-0.2, 0) is 19.1 Å². The van der Waals surface area contributed by atoms with E-state index in [-0.39, 0.29) is 25.0 Å². The predicted molar refractivity (Wildman–Crippen MR) is 156 cm³/mol. The van der Waals surface area contributed by atoms with Crippen LogP contribution >= 0.6 is 0 Å². The van der Waals surface area contributed by atoms with E-state index in [0.29, 0.717) is 61.4 Å². The van der Waals surface area contributed by atoms with Gasteiger partial charge < -0.3 is 33.3 Å². The summed E-state index contributed by atoms with van der Waals surface area (Å²) in [5, 5.41) is 6.26. The molecule has 0 saturated carbocycles. The minimum Gasteiger partial charge on any atom is -0.497 e. The zero-order chi connectivity index (χ0) is 30.1. The second-order valence-corrected chi connectivity index (χ2v) is 9.89. The standard InChI is InChI=1S/C30H40N4O8/c1-37-20-30(36)33(11-10-32-12-14-42-15-13-32)19-29(35)34-25(21-6-9-26(39-3)28(16-21)41-5)18-24(31-34)23-8-7-22(38-2)17-27(23)40-4/h6-9,16-17,25H,10-15,18-20H2,1-5H3/t25-/m0/s1. The highest BCUT2D eigenvalue weighted by atomic mass is 16.5. The molecule has 0 bridgehead atoms. The number of methoxy groups -OCH3 is 5. The van der Waals surface area contributed by atoms with E-state index >= 15 is 0 Å². The smallest absolute Gasteiger partial charge is 0.262 e. The van der Waals surface area contributed by atoms with Gasteiger partial charge in [0.05, 0.1) is 53.4 Å². The largest absolute Gasteiger partial charge is 0.497 e. The number of morpholine rings is 1. The molecule has 42 heavy (non-hydrogen) atoms. The van der Waals surface area contributed by atoms with Crippen LogP contribution in [0.4, 0.5) is 0 Å². The van der Waals surface area contributed by atoms with Gasteiger partial charge >= 0.3 is 0 Å². The molecule has 2 aromatic carbocycles. The lowest BCUT2D eigenvalue weighted by molar-refractivity contribution is -0.143. The van der Waals surface area contributed by atoms with E-state index in [2.05, 4.69) is 4.90 Å². The number of benzene rings is 2. The fourth-order valence-electron chi connectivity index (χ4n) is 5.09. The van der Waals surface area contributed by atoms with Crippen molar-refractivity contribution in [2.75, 3.05) is 88.1 Å². The van der Waals surface area contributed by atoms with Gasteiger partial charge in [0, 0.05) is 51.3 Å². The van der Waals surface area contributed by atoms with Gasteiger partial charge in [0.1, 0.15) is 24.7 Å². The third-order valence-electron chi connectivity index (χ3n) is 7.41. The maximum atomic E-state index is 14.0. The molecule has 0 unspecified atom stereocenters. The third-order valence-corrected chi connectivity index (χ3v) is 7.41. The highest BCUT2D eigenvalue weighted by Crippen LogP contribution is 2.39. The van der Waals surface area contributed by atoms with E-state index in [9.17, 15) is 9.59 Å². The molecule has 0 spiro atoms. The summed E-state index contributed by atoms with van der Waals surface area (Å²) in [4.78, 5) is 30.7. The quantitative estimate of drug-likeness (QED) is 0.350. The Morgan fingerprint density at radius 3 is 2.33 bits per heavy atom. The molecule has 1 atom stereocenters. The van der Waals surface area contributed by atoms with Gasteiger partial charge in [-0.3, -0.25) is 14.5 Å². The van der Waals surface area contributed by atoms with Gasteiger partial charge in [-0.2, -0.15) is 5.10 Å². The highest BCUT2D eigenvalue weighted by Gasteiger charge is 2.36. The summed E-state index contributed by atoms with van der Waals surface area (Å²) in [6, 6.07) is 10.6. The van der Waals surface area contributed by atoms with Gasteiger partial charge in [0.25, 0.3) is 5.91 Å². The van der Waals surface area contributed by atoms with Crippen molar-refractivity contribution in [3.8, 4) is 23.0 Å². The fraction of sp³-hybridized carbons (Fsp3) is 0.500. The Morgan fingerprint density at radius 1 is 0.929 bits per heavy atom. The van der Waals surface area contributed by atoms with Crippen molar-refractivity contribution in [3.05, 3.63) is 47.5 Å². The zero-order valence-electron chi connectivity index (χ0n) is 25.0. The Bertz CT molecular complexity index is 1260. The molecule has 0 radical (unpaired) electrons. The van der Waals surface area contributed by atoms with E-state index in [4.69, 9.17) is 33.5 Å². The number of hydrogen-bond acceptors (Lipinski definition) is 10. The lowest BCUT2D eigenvalue weighted by atomic mass is 9.97. The zero-order valence-corrected chi connectivity index (χ0v) is 25.0. The average molecular weight is 585 g/mol. The molecule has 2 aliphatic heterocycles. The predicted octanol–water partition coefficient (Wildman–Crippen LogP) is 2.21. The summed E-state index contributed by atoms with van der Waals surface area (Å²) < 4.78 is 32.5. The number of rotatable bonds is 13. The number of ether oxygens (including phenoxy) is 6. The van der Waals surface area contributed by atoms with Crippen LogP contribution in [0, 0.1) is 0 Å². The van der Waals surface area contributed by atoms with Gasteiger partial charge in [0.15, 0.2) is 11.5 Å². The van der Waals surface area contributed by atoms with Crippen molar-refractivity contribution in [2.45, 2.75) is 12.5 Å². The van der Waals surface area contributed by atoms with Crippen LogP contribution in [-0.4, -0.2) is 120 Å². The maximum Gasteiger partial charge on any atom is 0.262 e. The van der Waals surface area contributed by atoms with Crippen LogP contribution < -0.4 is 18.9 Å². The molecule has 2 amide bonds. The number of carbonyl (C=O) groups excluding carboxylic acids is 2. The van der Waals surface area contributed by atoms with Gasteiger partial charge in [-0.1, -0.05) is 6.07 Å². The van der Waals surface area contributed by atoms with Crippen molar-refractivity contribution < 1.29 is 38.0 Å². The third kappa shape index (κ3) is 7.30. The molecule has 12 nitrogen and oxygen atoms in total. The number of hydrogen-bond donors (Lipinski definition) is 0. The van der Waals surface area contributed by atoms with Crippen LogP contribution in [0.15, 0.2) is 41.5 Å². The van der Waals surface area contributed by atoms with E-state index < -0.39 is 6.04 Å².